The molecule has 0 fully saturated rings. The number of anilines is 1. The molecule has 0 saturated heterocycles. The standard InChI is InChI=1S/C22H19ClN4O3S/c1-30-17-8-3-2-6-14(17)10-19(28)25-20-16-11-18(31-22(16)27-26-20)21(29)24-12-13-5-4-7-15(23)9-13/h2-9,11H,10,12H2,1H3,(H,24,29)(H2,25,26,27,28). The molecule has 0 atom stereocenters. The molecular weight excluding hydrogens is 436 g/mol. The number of rotatable bonds is 7. The fourth-order valence-corrected chi connectivity index (χ4v) is 4.27. The van der Waals surface area contributed by atoms with Gasteiger partial charge in [-0.2, -0.15) is 5.10 Å². The number of benzene rings is 2. The van der Waals surface area contributed by atoms with Crippen molar-refractivity contribution in [1.82, 2.24) is 15.5 Å². The highest BCUT2D eigenvalue weighted by atomic mass is 35.5. The number of hydrogen-bond acceptors (Lipinski definition) is 5. The third-order valence-electron chi connectivity index (χ3n) is 4.62. The Morgan fingerprint density at radius 1 is 1.16 bits per heavy atom. The number of para-hydroxylation sites is 1. The van der Waals surface area contributed by atoms with Gasteiger partial charge in [-0.3, -0.25) is 14.7 Å². The molecule has 2 amide bonds. The molecule has 2 heterocycles. The Kier molecular flexibility index (Phi) is 6.20. The molecule has 0 saturated carbocycles. The topological polar surface area (TPSA) is 96.1 Å². The lowest BCUT2D eigenvalue weighted by Crippen LogP contribution is -2.21. The predicted octanol–water partition coefficient (Wildman–Crippen LogP) is 4.40. The summed E-state index contributed by atoms with van der Waals surface area (Å²) in [6.45, 7) is 0.367. The van der Waals surface area contributed by atoms with Crippen molar-refractivity contribution in [2.24, 2.45) is 0 Å². The van der Waals surface area contributed by atoms with Gasteiger partial charge in [0.05, 0.1) is 23.8 Å². The number of amides is 2. The third-order valence-corrected chi connectivity index (χ3v) is 5.90. The highest BCUT2D eigenvalue weighted by Gasteiger charge is 2.17. The zero-order valence-corrected chi connectivity index (χ0v) is 18.1. The van der Waals surface area contributed by atoms with Crippen LogP contribution in [0.25, 0.3) is 10.2 Å². The number of carbonyl (C=O) groups is 2. The number of nitrogens with one attached hydrogen (secondary N) is 3. The lowest BCUT2D eigenvalue weighted by Gasteiger charge is -2.07. The summed E-state index contributed by atoms with van der Waals surface area (Å²) >= 11 is 7.25. The molecule has 9 heteroatoms. The van der Waals surface area contributed by atoms with Crippen molar-refractivity contribution in [1.29, 1.82) is 0 Å². The van der Waals surface area contributed by atoms with Gasteiger partial charge in [0.2, 0.25) is 5.91 Å². The maximum atomic E-state index is 12.5. The van der Waals surface area contributed by atoms with Gasteiger partial charge in [-0.05, 0) is 29.8 Å². The summed E-state index contributed by atoms with van der Waals surface area (Å²) < 4.78 is 5.29. The number of carbonyl (C=O) groups excluding carboxylic acids is 2. The Hall–Kier alpha value is -3.36. The van der Waals surface area contributed by atoms with Gasteiger partial charge in [-0.15, -0.1) is 11.3 Å². The fourth-order valence-electron chi connectivity index (χ4n) is 3.14. The molecule has 2 aromatic carbocycles. The zero-order valence-electron chi connectivity index (χ0n) is 16.6. The van der Waals surface area contributed by atoms with Gasteiger partial charge in [-0.25, -0.2) is 0 Å². The molecule has 0 unspecified atom stereocenters. The highest BCUT2D eigenvalue weighted by Crippen LogP contribution is 2.29. The number of fused-ring (bicyclic) bond motifs is 1. The number of aromatic nitrogens is 2. The summed E-state index contributed by atoms with van der Waals surface area (Å²) in [6, 6.07) is 16.4. The van der Waals surface area contributed by atoms with Crippen LogP contribution in [0.15, 0.2) is 54.6 Å². The molecule has 31 heavy (non-hydrogen) atoms. The van der Waals surface area contributed by atoms with Crippen LogP contribution < -0.4 is 15.4 Å². The molecule has 4 aromatic rings. The van der Waals surface area contributed by atoms with E-state index >= 15 is 0 Å². The molecule has 0 aliphatic rings. The first-order chi connectivity index (χ1) is 15.0. The van der Waals surface area contributed by atoms with E-state index in [1.165, 1.54) is 11.3 Å². The molecule has 2 aromatic heterocycles. The number of halogens is 1. The molecular formula is C22H19ClN4O3S. The zero-order chi connectivity index (χ0) is 21.8. The summed E-state index contributed by atoms with van der Waals surface area (Å²) in [5.74, 6) is 0.607. The number of H-pyrrole nitrogens is 1. The molecule has 0 radical (unpaired) electrons. The summed E-state index contributed by atoms with van der Waals surface area (Å²) in [6.07, 6.45) is 0.148. The average Bonchev–Trinajstić information content (AvgIpc) is 3.34. The minimum Gasteiger partial charge on any atom is -0.496 e. The summed E-state index contributed by atoms with van der Waals surface area (Å²) in [5.41, 5.74) is 1.69. The van der Waals surface area contributed by atoms with Crippen LogP contribution in [0, 0.1) is 0 Å². The Morgan fingerprint density at radius 2 is 2.00 bits per heavy atom. The van der Waals surface area contributed by atoms with E-state index in [1.54, 1.807) is 25.3 Å². The summed E-state index contributed by atoms with van der Waals surface area (Å²) in [5, 5.41) is 14.0. The van der Waals surface area contributed by atoms with Crippen molar-refractivity contribution in [3.63, 3.8) is 0 Å². The monoisotopic (exact) mass is 454 g/mol. The van der Waals surface area contributed by atoms with E-state index in [-0.39, 0.29) is 18.2 Å². The quantitative estimate of drug-likeness (QED) is 0.385. The predicted molar refractivity (Wildman–Crippen MR) is 122 cm³/mol. The van der Waals surface area contributed by atoms with Crippen molar-refractivity contribution < 1.29 is 14.3 Å². The van der Waals surface area contributed by atoms with Crippen molar-refractivity contribution in [3.05, 3.63) is 75.6 Å². The minimum atomic E-state index is -0.226. The SMILES string of the molecule is COc1ccccc1CC(=O)Nc1n[nH]c2sc(C(=O)NCc3cccc(Cl)c3)cc12. The summed E-state index contributed by atoms with van der Waals surface area (Å²) in [4.78, 5) is 26.3. The highest BCUT2D eigenvalue weighted by molar-refractivity contribution is 7.20. The van der Waals surface area contributed by atoms with Crippen LogP contribution in [0.5, 0.6) is 5.75 Å². The van der Waals surface area contributed by atoms with E-state index in [0.717, 1.165) is 11.1 Å². The smallest absolute Gasteiger partial charge is 0.261 e. The van der Waals surface area contributed by atoms with E-state index in [4.69, 9.17) is 16.3 Å². The lowest BCUT2D eigenvalue weighted by atomic mass is 10.1. The molecule has 0 bridgehead atoms. The molecule has 4 rings (SSSR count). The average molecular weight is 455 g/mol. The number of aromatic amines is 1. The maximum absolute atomic E-state index is 12.5. The van der Waals surface area contributed by atoms with Crippen molar-refractivity contribution >= 4 is 50.8 Å². The Morgan fingerprint density at radius 3 is 2.81 bits per heavy atom. The van der Waals surface area contributed by atoms with Gasteiger partial charge in [0.25, 0.3) is 5.91 Å². The van der Waals surface area contributed by atoms with Crippen LogP contribution in [0.3, 0.4) is 0 Å². The Labute approximate surface area is 187 Å². The van der Waals surface area contributed by atoms with E-state index < -0.39 is 0 Å². The normalized spacial score (nSPS) is 10.8. The van der Waals surface area contributed by atoms with E-state index in [1.807, 2.05) is 36.4 Å². The van der Waals surface area contributed by atoms with Gasteiger partial charge in [0.15, 0.2) is 5.82 Å². The van der Waals surface area contributed by atoms with Gasteiger partial charge >= 0.3 is 0 Å². The number of ether oxygens (including phenoxy) is 1. The van der Waals surface area contributed by atoms with Crippen LogP contribution in [-0.2, 0) is 17.8 Å². The van der Waals surface area contributed by atoms with E-state index in [9.17, 15) is 9.59 Å². The second kappa shape index (κ2) is 9.20. The number of methoxy groups -OCH3 is 1. The lowest BCUT2D eigenvalue weighted by molar-refractivity contribution is -0.115. The molecule has 7 nitrogen and oxygen atoms in total. The third kappa shape index (κ3) is 4.87. The van der Waals surface area contributed by atoms with Crippen LogP contribution in [0.4, 0.5) is 5.82 Å². The first-order valence-corrected chi connectivity index (χ1v) is 10.6. The number of hydrogen-bond donors (Lipinski definition) is 3. The largest absolute Gasteiger partial charge is 0.496 e. The van der Waals surface area contributed by atoms with Gasteiger partial charge in [0, 0.05) is 17.1 Å². The molecule has 0 aliphatic carbocycles. The second-order valence-electron chi connectivity index (χ2n) is 6.78. The van der Waals surface area contributed by atoms with Crippen LogP contribution in [0.2, 0.25) is 5.02 Å². The molecule has 158 valence electrons. The van der Waals surface area contributed by atoms with Crippen molar-refractivity contribution in [2.45, 2.75) is 13.0 Å². The molecule has 0 spiro atoms. The van der Waals surface area contributed by atoms with Crippen molar-refractivity contribution in [3.8, 4) is 5.75 Å². The first kappa shape index (κ1) is 20.9. The van der Waals surface area contributed by atoms with Gasteiger partial charge < -0.3 is 15.4 Å². The van der Waals surface area contributed by atoms with Crippen LogP contribution in [-0.4, -0.2) is 29.1 Å². The van der Waals surface area contributed by atoms with E-state index in [2.05, 4.69) is 20.8 Å². The van der Waals surface area contributed by atoms with Gasteiger partial charge in [0.1, 0.15) is 10.6 Å². The molecule has 0 aliphatic heterocycles. The first-order valence-electron chi connectivity index (χ1n) is 9.46. The fraction of sp³-hybridized carbons (Fsp3) is 0.136. The number of thiophene rings is 1. The Bertz CT molecular complexity index is 1250. The van der Waals surface area contributed by atoms with Crippen molar-refractivity contribution in [2.75, 3.05) is 12.4 Å². The summed E-state index contributed by atoms with van der Waals surface area (Å²) in [7, 11) is 1.57. The minimum absolute atomic E-state index is 0.148. The Balaban J connectivity index is 1.43. The maximum Gasteiger partial charge on any atom is 0.261 e. The van der Waals surface area contributed by atoms with E-state index in [0.29, 0.717) is 38.2 Å². The number of nitrogens with zero attached hydrogens (tertiary/aromatic N) is 1. The van der Waals surface area contributed by atoms with Crippen LogP contribution >= 0.6 is 22.9 Å². The van der Waals surface area contributed by atoms with Gasteiger partial charge in [-0.1, -0.05) is 41.9 Å². The van der Waals surface area contributed by atoms with Crippen LogP contribution in [0.1, 0.15) is 20.8 Å². The second-order valence-corrected chi connectivity index (χ2v) is 8.26. The molecule has 3 N–H and O–H groups in total.